The first kappa shape index (κ1) is 20.3. The number of carbonyl (C=O) groups excluding carboxylic acids is 1. The van der Waals surface area contributed by atoms with Crippen LogP contribution in [0.3, 0.4) is 0 Å². The number of hydrogen-bond acceptors (Lipinski definition) is 3. The second-order valence-corrected chi connectivity index (χ2v) is 8.22. The average molecular weight is 423 g/mol. The van der Waals surface area contributed by atoms with E-state index in [0.717, 1.165) is 65.0 Å². The summed E-state index contributed by atoms with van der Waals surface area (Å²) in [7, 11) is 0. The Morgan fingerprint density at radius 1 is 0.844 bits per heavy atom. The summed E-state index contributed by atoms with van der Waals surface area (Å²) in [6.45, 7) is 2.18. The molecule has 0 saturated carbocycles. The predicted molar refractivity (Wildman–Crippen MR) is 128 cm³/mol. The molecule has 5 rings (SSSR count). The number of hydrogen-bond donors (Lipinski definition) is 0. The van der Waals surface area contributed by atoms with Crippen LogP contribution in [0.1, 0.15) is 35.2 Å². The molecule has 1 aliphatic rings. The van der Waals surface area contributed by atoms with Gasteiger partial charge in [-0.1, -0.05) is 60.7 Å². The van der Waals surface area contributed by atoms with Gasteiger partial charge in [0.25, 0.3) is 5.91 Å². The van der Waals surface area contributed by atoms with Crippen molar-refractivity contribution in [1.82, 2.24) is 9.88 Å². The fraction of sp³-hybridized carbons (Fsp3) is 0.214. The molecule has 0 unspecified atom stereocenters. The van der Waals surface area contributed by atoms with E-state index in [1.807, 2.05) is 65.6 Å². The van der Waals surface area contributed by atoms with Crippen molar-refractivity contribution >= 4 is 16.8 Å². The summed E-state index contributed by atoms with van der Waals surface area (Å²) in [5, 5.41) is 0.916. The maximum absolute atomic E-state index is 13.4. The van der Waals surface area contributed by atoms with Crippen LogP contribution in [-0.2, 0) is 6.61 Å². The quantitative estimate of drug-likeness (QED) is 0.390. The molecule has 1 aliphatic heterocycles. The van der Waals surface area contributed by atoms with Crippen LogP contribution in [0.2, 0.25) is 0 Å². The highest BCUT2D eigenvalue weighted by Crippen LogP contribution is 2.27. The summed E-state index contributed by atoms with van der Waals surface area (Å²) in [6, 6.07) is 27.9. The molecule has 0 aliphatic carbocycles. The molecular weight excluding hydrogens is 396 g/mol. The molecule has 1 aromatic heterocycles. The maximum Gasteiger partial charge on any atom is 0.254 e. The molecule has 0 radical (unpaired) electrons. The summed E-state index contributed by atoms with van der Waals surface area (Å²) in [4.78, 5) is 20.2. The van der Waals surface area contributed by atoms with E-state index in [1.54, 1.807) is 0 Å². The average Bonchev–Trinajstić information content (AvgIpc) is 2.88. The maximum atomic E-state index is 13.4. The number of carbonyl (C=O) groups is 1. The largest absolute Gasteiger partial charge is 0.489 e. The van der Waals surface area contributed by atoms with Gasteiger partial charge in [-0.25, -0.2) is 4.98 Å². The van der Waals surface area contributed by atoms with Crippen LogP contribution in [0.15, 0.2) is 84.9 Å². The molecule has 1 fully saturated rings. The Morgan fingerprint density at radius 3 is 2.34 bits per heavy atom. The standard InChI is InChI=1S/C28H26N2O2/c31-28(30-17-7-2-8-18-30)25-19-27(29-26-12-6-5-11-24(25)26)22-15-13-21(14-16-22)20-32-23-9-3-1-4-10-23/h1,3-6,9-16,19H,2,7-8,17-18,20H2. The first-order valence-electron chi connectivity index (χ1n) is 11.2. The minimum Gasteiger partial charge on any atom is -0.489 e. The van der Waals surface area contributed by atoms with Crippen LogP contribution >= 0.6 is 0 Å². The first-order chi connectivity index (χ1) is 15.8. The Labute approximate surface area is 188 Å². The van der Waals surface area contributed by atoms with Crippen LogP contribution in [0, 0.1) is 0 Å². The van der Waals surface area contributed by atoms with E-state index in [1.165, 1.54) is 6.42 Å². The van der Waals surface area contributed by atoms with Crippen molar-refractivity contribution in [2.24, 2.45) is 0 Å². The number of pyridine rings is 1. The lowest BCUT2D eigenvalue weighted by Crippen LogP contribution is -2.35. The lowest BCUT2D eigenvalue weighted by atomic mass is 10.0. The summed E-state index contributed by atoms with van der Waals surface area (Å²) in [5.74, 6) is 0.964. The second-order valence-electron chi connectivity index (χ2n) is 8.22. The smallest absolute Gasteiger partial charge is 0.254 e. The van der Waals surface area contributed by atoms with E-state index in [2.05, 4.69) is 24.3 Å². The number of nitrogens with zero attached hydrogens (tertiary/aromatic N) is 2. The minimum absolute atomic E-state index is 0.109. The number of amides is 1. The summed E-state index contributed by atoms with van der Waals surface area (Å²) in [5.41, 5.74) is 4.49. The molecule has 32 heavy (non-hydrogen) atoms. The van der Waals surface area contributed by atoms with Gasteiger partial charge in [-0.3, -0.25) is 4.79 Å². The van der Waals surface area contributed by atoms with Gasteiger partial charge >= 0.3 is 0 Å². The van der Waals surface area contributed by atoms with Crippen molar-refractivity contribution in [1.29, 1.82) is 0 Å². The molecule has 1 saturated heterocycles. The Balaban J connectivity index is 1.43. The third kappa shape index (κ3) is 4.35. The number of fused-ring (bicyclic) bond motifs is 1. The third-order valence-electron chi connectivity index (χ3n) is 5.99. The normalized spacial score (nSPS) is 13.8. The fourth-order valence-electron chi connectivity index (χ4n) is 4.22. The highest BCUT2D eigenvalue weighted by molar-refractivity contribution is 6.07. The number of ether oxygens (including phenoxy) is 1. The Morgan fingerprint density at radius 2 is 1.56 bits per heavy atom. The molecule has 1 amide bonds. The summed E-state index contributed by atoms with van der Waals surface area (Å²) < 4.78 is 5.85. The van der Waals surface area contributed by atoms with Gasteiger partial charge < -0.3 is 9.64 Å². The van der Waals surface area contributed by atoms with E-state index in [4.69, 9.17) is 9.72 Å². The van der Waals surface area contributed by atoms with Crippen molar-refractivity contribution in [3.63, 3.8) is 0 Å². The lowest BCUT2D eigenvalue weighted by Gasteiger charge is -2.27. The Kier molecular flexibility index (Phi) is 5.84. The van der Waals surface area contributed by atoms with Crippen LogP contribution in [0.25, 0.3) is 22.2 Å². The topological polar surface area (TPSA) is 42.4 Å². The van der Waals surface area contributed by atoms with Gasteiger partial charge in [0.2, 0.25) is 0 Å². The van der Waals surface area contributed by atoms with E-state index in [0.29, 0.717) is 6.61 Å². The van der Waals surface area contributed by atoms with E-state index in [9.17, 15) is 4.79 Å². The number of piperidine rings is 1. The highest BCUT2D eigenvalue weighted by atomic mass is 16.5. The second kappa shape index (κ2) is 9.23. The van der Waals surface area contributed by atoms with Gasteiger partial charge in [0, 0.05) is 24.0 Å². The molecule has 0 atom stereocenters. The number of aromatic nitrogens is 1. The number of para-hydroxylation sites is 2. The molecular formula is C28H26N2O2. The zero-order valence-electron chi connectivity index (χ0n) is 18.0. The zero-order valence-corrected chi connectivity index (χ0v) is 18.0. The van der Waals surface area contributed by atoms with Crippen LogP contribution < -0.4 is 4.74 Å². The summed E-state index contributed by atoms with van der Waals surface area (Å²) in [6.07, 6.45) is 3.36. The van der Waals surface area contributed by atoms with Gasteiger partial charge in [0.05, 0.1) is 16.8 Å². The van der Waals surface area contributed by atoms with E-state index >= 15 is 0 Å². The monoisotopic (exact) mass is 422 g/mol. The van der Waals surface area contributed by atoms with Crippen molar-refractivity contribution < 1.29 is 9.53 Å². The zero-order chi connectivity index (χ0) is 21.8. The van der Waals surface area contributed by atoms with Crippen LogP contribution in [-0.4, -0.2) is 28.9 Å². The molecule has 4 nitrogen and oxygen atoms in total. The first-order valence-corrected chi connectivity index (χ1v) is 11.2. The molecule has 0 spiro atoms. The number of benzene rings is 3. The molecule has 160 valence electrons. The van der Waals surface area contributed by atoms with Crippen molar-refractivity contribution in [3.8, 4) is 17.0 Å². The Hall–Kier alpha value is -3.66. The SMILES string of the molecule is O=C(c1cc(-c2ccc(COc3ccccc3)cc2)nc2ccccc12)N1CCCCC1. The number of likely N-dealkylation sites (tertiary alicyclic amines) is 1. The van der Waals surface area contributed by atoms with Crippen molar-refractivity contribution in [2.45, 2.75) is 25.9 Å². The lowest BCUT2D eigenvalue weighted by molar-refractivity contribution is 0.0726. The molecule has 0 N–H and O–H groups in total. The van der Waals surface area contributed by atoms with Gasteiger partial charge in [0.1, 0.15) is 12.4 Å². The predicted octanol–water partition coefficient (Wildman–Crippen LogP) is 6.11. The number of rotatable bonds is 5. The minimum atomic E-state index is 0.109. The van der Waals surface area contributed by atoms with Gasteiger partial charge in [-0.05, 0) is 49.1 Å². The van der Waals surface area contributed by atoms with Gasteiger partial charge in [-0.15, -0.1) is 0 Å². The van der Waals surface area contributed by atoms with Crippen LogP contribution in [0.5, 0.6) is 5.75 Å². The van der Waals surface area contributed by atoms with E-state index in [-0.39, 0.29) is 5.91 Å². The van der Waals surface area contributed by atoms with Gasteiger partial charge in [-0.2, -0.15) is 0 Å². The Bertz CT molecular complexity index is 1210. The molecule has 2 heterocycles. The van der Waals surface area contributed by atoms with Crippen LogP contribution in [0.4, 0.5) is 0 Å². The molecule has 3 aromatic carbocycles. The molecule has 0 bridgehead atoms. The van der Waals surface area contributed by atoms with Crippen molar-refractivity contribution in [3.05, 3.63) is 96.1 Å². The highest BCUT2D eigenvalue weighted by Gasteiger charge is 2.21. The third-order valence-corrected chi connectivity index (χ3v) is 5.99. The van der Waals surface area contributed by atoms with Crippen molar-refractivity contribution in [2.75, 3.05) is 13.1 Å². The summed E-state index contributed by atoms with van der Waals surface area (Å²) >= 11 is 0. The molecule has 4 aromatic rings. The fourth-order valence-corrected chi connectivity index (χ4v) is 4.22. The van der Waals surface area contributed by atoms with Gasteiger partial charge in [0.15, 0.2) is 0 Å². The molecule has 4 heteroatoms. The van der Waals surface area contributed by atoms with E-state index < -0.39 is 0 Å².